The van der Waals surface area contributed by atoms with Crippen LogP contribution in [0.3, 0.4) is 0 Å². The number of anilines is 1. The molecule has 0 radical (unpaired) electrons. The van der Waals surface area contributed by atoms with Gasteiger partial charge in [0.2, 0.25) is 15.8 Å². The molecule has 28 heavy (non-hydrogen) atoms. The highest BCUT2D eigenvalue weighted by Crippen LogP contribution is 2.17. The summed E-state index contributed by atoms with van der Waals surface area (Å²) in [5, 5.41) is 0. The third-order valence-electron chi connectivity index (χ3n) is 4.72. The van der Waals surface area contributed by atoms with Gasteiger partial charge in [-0.05, 0) is 25.5 Å². The lowest BCUT2D eigenvalue weighted by Crippen LogP contribution is -2.49. The Bertz CT molecular complexity index is 972. The molecule has 0 bridgehead atoms. The minimum atomic E-state index is -3.18. The zero-order valence-corrected chi connectivity index (χ0v) is 16.9. The Morgan fingerprint density at radius 3 is 2.50 bits per heavy atom. The highest BCUT2D eigenvalue weighted by atomic mass is 32.2. The molecule has 0 saturated carbocycles. The third-order valence-corrected chi connectivity index (χ3v) is 6.61. The molecule has 0 spiro atoms. The van der Waals surface area contributed by atoms with Crippen molar-refractivity contribution in [2.24, 2.45) is 0 Å². The average molecular weight is 403 g/mol. The molecule has 0 aliphatic carbocycles. The van der Waals surface area contributed by atoms with E-state index in [4.69, 9.17) is 0 Å². The number of benzene rings is 1. The average Bonchev–Trinajstić information content (AvgIpc) is 2.73. The number of rotatable bonds is 6. The number of hydrogen-bond acceptors (Lipinski definition) is 6. The highest BCUT2D eigenvalue weighted by Gasteiger charge is 2.26. The number of piperazine rings is 1. The van der Waals surface area contributed by atoms with E-state index in [0.717, 1.165) is 5.56 Å². The van der Waals surface area contributed by atoms with Crippen LogP contribution in [-0.2, 0) is 10.0 Å². The molecule has 8 heteroatoms. The van der Waals surface area contributed by atoms with Crippen molar-refractivity contribution >= 4 is 27.7 Å². The predicted molar refractivity (Wildman–Crippen MR) is 112 cm³/mol. The fourth-order valence-corrected chi connectivity index (χ4v) is 4.10. The van der Waals surface area contributed by atoms with Gasteiger partial charge in [0.1, 0.15) is 11.5 Å². The van der Waals surface area contributed by atoms with Crippen LogP contribution in [0.2, 0.25) is 0 Å². The molecule has 0 N–H and O–H groups in total. The maximum Gasteiger partial charge on any atom is 0.213 e. The SMILES string of the molecule is CCS(=O)(=O)N1CCN(c2cnc(C)c(C(=O)/C=C/c3ccccc3)n2)CC1.[HH]. The number of carbonyl (C=O) groups excluding carboxylic acids is 1. The molecule has 150 valence electrons. The first-order valence-electron chi connectivity index (χ1n) is 9.24. The van der Waals surface area contributed by atoms with Gasteiger partial charge in [-0.3, -0.25) is 9.78 Å². The van der Waals surface area contributed by atoms with Gasteiger partial charge >= 0.3 is 0 Å². The van der Waals surface area contributed by atoms with Crippen molar-refractivity contribution < 1.29 is 14.6 Å². The van der Waals surface area contributed by atoms with E-state index in [-0.39, 0.29) is 13.0 Å². The molecule has 2 aromatic rings. The van der Waals surface area contributed by atoms with Crippen LogP contribution in [0.1, 0.15) is 30.1 Å². The van der Waals surface area contributed by atoms with Crippen LogP contribution in [0.5, 0.6) is 0 Å². The van der Waals surface area contributed by atoms with Crippen molar-refractivity contribution in [1.82, 2.24) is 14.3 Å². The monoisotopic (exact) mass is 402 g/mol. The van der Waals surface area contributed by atoms with E-state index in [1.54, 1.807) is 26.1 Å². The van der Waals surface area contributed by atoms with Gasteiger partial charge in [-0.1, -0.05) is 36.4 Å². The topological polar surface area (TPSA) is 83.5 Å². The summed E-state index contributed by atoms with van der Waals surface area (Å²) in [5.41, 5.74) is 1.82. The molecule has 1 fully saturated rings. The number of carbonyl (C=O) groups is 1. The van der Waals surface area contributed by atoms with Crippen molar-refractivity contribution in [3.63, 3.8) is 0 Å². The lowest BCUT2D eigenvalue weighted by atomic mass is 10.1. The van der Waals surface area contributed by atoms with Crippen LogP contribution < -0.4 is 4.90 Å². The molecule has 0 unspecified atom stereocenters. The quantitative estimate of drug-likeness (QED) is 0.545. The number of ketones is 1. The molecule has 1 aromatic carbocycles. The van der Waals surface area contributed by atoms with Crippen LogP contribution in [0, 0.1) is 6.92 Å². The van der Waals surface area contributed by atoms with E-state index >= 15 is 0 Å². The normalized spacial score (nSPS) is 15.9. The first kappa shape index (κ1) is 20.2. The Labute approximate surface area is 167 Å². The molecule has 1 aliphatic rings. The van der Waals surface area contributed by atoms with Gasteiger partial charge in [-0.2, -0.15) is 4.31 Å². The van der Waals surface area contributed by atoms with Crippen LogP contribution in [-0.4, -0.2) is 60.4 Å². The number of allylic oxidation sites excluding steroid dienone is 1. The number of sulfonamides is 1. The van der Waals surface area contributed by atoms with Gasteiger partial charge in [0, 0.05) is 27.6 Å². The molecule has 1 saturated heterocycles. The lowest BCUT2D eigenvalue weighted by Gasteiger charge is -2.34. The summed E-state index contributed by atoms with van der Waals surface area (Å²) in [6.07, 6.45) is 4.89. The van der Waals surface area contributed by atoms with Crippen LogP contribution in [0.4, 0.5) is 5.82 Å². The second-order valence-corrected chi connectivity index (χ2v) is 8.81. The summed E-state index contributed by atoms with van der Waals surface area (Å²) in [7, 11) is -3.18. The molecule has 1 aliphatic heterocycles. The molecular weight excluding hydrogens is 376 g/mol. The number of aromatic nitrogens is 2. The summed E-state index contributed by atoms with van der Waals surface area (Å²) in [6, 6.07) is 9.58. The summed E-state index contributed by atoms with van der Waals surface area (Å²) in [5.74, 6) is 0.488. The van der Waals surface area contributed by atoms with Crippen LogP contribution in [0.25, 0.3) is 6.08 Å². The highest BCUT2D eigenvalue weighted by molar-refractivity contribution is 7.89. The predicted octanol–water partition coefficient (Wildman–Crippen LogP) is 2.40. The van der Waals surface area contributed by atoms with Gasteiger partial charge < -0.3 is 4.90 Å². The molecule has 0 atom stereocenters. The van der Waals surface area contributed by atoms with Crippen molar-refractivity contribution in [1.29, 1.82) is 0 Å². The smallest absolute Gasteiger partial charge is 0.213 e. The van der Waals surface area contributed by atoms with E-state index in [1.165, 1.54) is 10.4 Å². The molecule has 1 aromatic heterocycles. The molecule has 7 nitrogen and oxygen atoms in total. The molecule has 3 rings (SSSR count). The van der Waals surface area contributed by atoms with E-state index in [2.05, 4.69) is 9.97 Å². The van der Waals surface area contributed by atoms with Gasteiger partial charge in [-0.25, -0.2) is 13.4 Å². The first-order chi connectivity index (χ1) is 13.4. The van der Waals surface area contributed by atoms with Gasteiger partial charge in [0.05, 0.1) is 17.6 Å². The minimum Gasteiger partial charge on any atom is -0.353 e. The lowest BCUT2D eigenvalue weighted by molar-refractivity contribution is 0.104. The fraction of sp³-hybridized carbons (Fsp3) is 0.350. The Kier molecular flexibility index (Phi) is 6.21. The van der Waals surface area contributed by atoms with Gasteiger partial charge in [-0.15, -0.1) is 0 Å². The zero-order valence-electron chi connectivity index (χ0n) is 16.1. The Balaban J connectivity index is 0.00000300. The number of nitrogens with zero attached hydrogens (tertiary/aromatic N) is 4. The molecule has 0 amide bonds. The van der Waals surface area contributed by atoms with Crippen LogP contribution in [0.15, 0.2) is 42.6 Å². The summed E-state index contributed by atoms with van der Waals surface area (Å²) >= 11 is 0. The Morgan fingerprint density at radius 1 is 1.18 bits per heavy atom. The maximum atomic E-state index is 12.6. The summed E-state index contributed by atoms with van der Waals surface area (Å²) < 4.78 is 25.5. The maximum absolute atomic E-state index is 12.6. The van der Waals surface area contributed by atoms with Crippen molar-refractivity contribution in [3.8, 4) is 0 Å². The summed E-state index contributed by atoms with van der Waals surface area (Å²) in [4.78, 5) is 23.4. The number of aryl methyl sites for hydroxylation is 1. The molecule has 2 heterocycles. The second kappa shape index (κ2) is 8.62. The van der Waals surface area contributed by atoms with Gasteiger partial charge in [0.25, 0.3) is 0 Å². The fourth-order valence-electron chi connectivity index (χ4n) is 3.02. The van der Waals surface area contributed by atoms with Crippen molar-refractivity contribution in [2.45, 2.75) is 13.8 Å². The van der Waals surface area contributed by atoms with E-state index in [9.17, 15) is 13.2 Å². The van der Waals surface area contributed by atoms with Crippen LogP contribution >= 0.6 is 0 Å². The van der Waals surface area contributed by atoms with E-state index < -0.39 is 10.0 Å². The molecular formula is C20H26N4O3S. The second-order valence-electron chi connectivity index (χ2n) is 6.56. The third kappa shape index (κ3) is 4.63. The van der Waals surface area contributed by atoms with Crippen molar-refractivity contribution in [2.75, 3.05) is 36.8 Å². The Hall–Kier alpha value is -2.58. The zero-order chi connectivity index (χ0) is 20.1. The Morgan fingerprint density at radius 2 is 1.86 bits per heavy atom. The largest absolute Gasteiger partial charge is 0.353 e. The standard InChI is InChI=1S/C20H24N4O3S.H2/c1-3-28(26,27)24-13-11-23(12-14-24)19-15-21-16(2)20(22-19)18(25)10-9-17-7-5-4-6-8-17;/h4-10,15H,3,11-14H2,1-2H3;1H/b10-9+;. The van der Waals surface area contributed by atoms with E-state index in [1.807, 2.05) is 35.2 Å². The minimum absolute atomic E-state index is 0. The van der Waals surface area contributed by atoms with Gasteiger partial charge in [0.15, 0.2) is 0 Å². The number of hydrogen-bond donors (Lipinski definition) is 0. The first-order valence-corrected chi connectivity index (χ1v) is 10.9. The van der Waals surface area contributed by atoms with E-state index in [0.29, 0.717) is 43.4 Å². The summed E-state index contributed by atoms with van der Waals surface area (Å²) in [6.45, 7) is 5.25. The van der Waals surface area contributed by atoms with Crippen molar-refractivity contribution in [3.05, 3.63) is 59.6 Å².